The highest BCUT2D eigenvalue weighted by molar-refractivity contribution is 5.95. The van der Waals surface area contributed by atoms with E-state index in [9.17, 15) is 9.59 Å². The summed E-state index contributed by atoms with van der Waals surface area (Å²) in [6.45, 7) is 0.544. The van der Waals surface area contributed by atoms with Crippen LogP contribution in [-0.4, -0.2) is 18.4 Å². The lowest BCUT2D eigenvalue weighted by molar-refractivity contribution is -0.140. The number of carbonyl (C=O) groups is 2. The van der Waals surface area contributed by atoms with Gasteiger partial charge in [0.15, 0.2) is 0 Å². The van der Waals surface area contributed by atoms with Gasteiger partial charge in [-0.3, -0.25) is 9.59 Å². The summed E-state index contributed by atoms with van der Waals surface area (Å²) in [7, 11) is 0. The molecule has 4 heteroatoms. The smallest absolute Gasteiger partial charge is 0.311 e. The predicted molar refractivity (Wildman–Crippen MR) is 129 cm³/mol. The molecule has 3 aromatic rings. The number of rotatable bonds is 7. The Labute approximate surface area is 187 Å². The van der Waals surface area contributed by atoms with Gasteiger partial charge in [-0.05, 0) is 46.0 Å². The monoisotopic (exact) mass is 423 g/mol. The molecule has 0 spiro atoms. The van der Waals surface area contributed by atoms with Crippen molar-refractivity contribution in [1.82, 2.24) is 5.32 Å². The average molecular weight is 424 g/mol. The first kappa shape index (κ1) is 21.3. The van der Waals surface area contributed by atoms with Crippen molar-refractivity contribution in [2.45, 2.75) is 19.3 Å². The van der Waals surface area contributed by atoms with Crippen molar-refractivity contribution in [3.8, 4) is 0 Å². The van der Waals surface area contributed by atoms with E-state index in [0.717, 1.165) is 33.9 Å². The first-order chi connectivity index (χ1) is 15.7. The fourth-order valence-corrected chi connectivity index (χ4v) is 3.66. The molecule has 0 radical (unpaired) electrons. The lowest BCUT2D eigenvalue weighted by Gasteiger charge is -2.11. The van der Waals surface area contributed by atoms with E-state index in [4.69, 9.17) is 4.74 Å². The minimum absolute atomic E-state index is 0.0284. The third-order valence-corrected chi connectivity index (χ3v) is 5.30. The first-order valence-corrected chi connectivity index (χ1v) is 10.8. The summed E-state index contributed by atoms with van der Waals surface area (Å²) in [4.78, 5) is 24.5. The Bertz CT molecular complexity index is 1210. The Morgan fingerprint density at radius 3 is 2.47 bits per heavy atom. The summed E-state index contributed by atoms with van der Waals surface area (Å²) in [6, 6.07) is 22.2. The van der Waals surface area contributed by atoms with Gasteiger partial charge in [0, 0.05) is 13.0 Å². The number of ether oxygens (including phenoxy) is 1. The molecule has 4 rings (SSSR count). The van der Waals surface area contributed by atoms with Crippen LogP contribution < -0.4 is 5.32 Å². The standard InChI is InChI=1S/C28H25NO3/c30-27(29-19-18-21-8-2-1-3-9-21)16-17-28(31)32-24-12-6-4-11-23-15-14-22-10-5-7-13-25(22)26(23)20-24/h1-15,20H,16-19H2,(H,29,30)/b6-4?,11-4+,12-6-,23-11?,24-12?,24-20+,26-20?. The van der Waals surface area contributed by atoms with E-state index in [0.29, 0.717) is 12.3 Å². The quantitative estimate of drug-likeness (QED) is 0.515. The van der Waals surface area contributed by atoms with Crippen LogP contribution >= 0.6 is 0 Å². The second-order valence-electron chi connectivity index (χ2n) is 7.61. The molecule has 0 bridgehead atoms. The van der Waals surface area contributed by atoms with Gasteiger partial charge < -0.3 is 10.1 Å². The van der Waals surface area contributed by atoms with E-state index in [1.807, 2.05) is 66.8 Å². The van der Waals surface area contributed by atoms with Crippen molar-refractivity contribution in [1.29, 1.82) is 0 Å². The largest absolute Gasteiger partial charge is 0.426 e. The molecule has 1 aliphatic carbocycles. The van der Waals surface area contributed by atoms with Gasteiger partial charge in [0.25, 0.3) is 0 Å². The molecule has 0 unspecified atom stereocenters. The van der Waals surface area contributed by atoms with Crippen LogP contribution in [0.15, 0.2) is 90.7 Å². The van der Waals surface area contributed by atoms with Gasteiger partial charge in [0.1, 0.15) is 5.76 Å². The molecule has 0 saturated heterocycles. The van der Waals surface area contributed by atoms with Gasteiger partial charge in [0.2, 0.25) is 5.91 Å². The highest BCUT2D eigenvalue weighted by atomic mass is 16.5. The minimum Gasteiger partial charge on any atom is -0.426 e. The Morgan fingerprint density at radius 1 is 0.812 bits per heavy atom. The van der Waals surface area contributed by atoms with E-state index >= 15 is 0 Å². The topological polar surface area (TPSA) is 55.4 Å². The molecule has 0 saturated carbocycles. The zero-order valence-electron chi connectivity index (χ0n) is 17.8. The van der Waals surface area contributed by atoms with E-state index in [2.05, 4.69) is 29.6 Å². The van der Waals surface area contributed by atoms with Crippen molar-refractivity contribution in [2.24, 2.45) is 0 Å². The highest BCUT2D eigenvalue weighted by Gasteiger charge is 2.12. The normalized spacial score (nSPS) is 16.1. The summed E-state index contributed by atoms with van der Waals surface area (Å²) in [5.74, 6) is -0.119. The number of nitrogens with one attached hydrogen (secondary N) is 1. The van der Waals surface area contributed by atoms with Gasteiger partial charge in [-0.15, -0.1) is 0 Å². The Hall–Kier alpha value is -3.92. The van der Waals surface area contributed by atoms with Crippen LogP contribution in [-0.2, 0) is 20.7 Å². The number of benzene rings is 3. The molecule has 0 fully saturated rings. The number of hydrogen-bond donors (Lipinski definition) is 1. The number of allylic oxidation sites excluding steroid dienone is 3. The van der Waals surface area contributed by atoms with Gasteiger partial charge >= 0.3 is 5.97 Å². The third-order valence-electron chi connectivity index (χ3n) is 5.30. The predicted octanol–water partition coefficient (Wildman–Crippen LogP) is 5.45. The van der Waals surface area contributed by atoms with Crippen molar-refractivity contribution >= 4 is 34.8 Å². The second kappa shape index (κ2) is 10.4. The molecule has 4 nitrogen and oxygen atoms in total. The van der Waals surface area contributed by atoms with E-state index in [1.165, 1.54) is 0 Å². The van der Waals surface area contributed by atoms with E-state index in [1.54, 1.807) is 6.08 Å². The Kier molecular flexibility index (Phi) is 6.93. The van der Waals surface area contributed by atoms with Gasteiger partial charge in [-0.1, -0.05) is 85.0 Å². The third kappa shape index (κ3) is 5.61. The van der Waals surface area contributed by atoms with Gasteiger partial charge in [-0.25, -0.2) is 0 Å². The summed E-state index contributed by atoms with van der Waals surface area (Å²) in [6.07, 6.45) is 10.3. The van der Waals surface area contributed by atoms with E-state index in [-0.39, 0.29) is 18.7 Å². The van der Waals surface area contributed by atoms with Crippen molar-refractivity contribution in [2.75, 3.05) is 6.54 Å². The maximum absolute atomic E-state index is 12.4. The second-order valence-corrected chi connectivity index (χ2v) is 7.61. The molecule has 1 N–H and O–H groups in total. The fraction of sp³-hybridized carbons (Fsp3) is 0.143. The molecule has 1 aliphatic rings. The summed E-state index contributed by atoms with van der Waals surface area (Å²) in [5, 5.41) is 5.07. The SMILES string of the molecule is O=C(CCC(=O)OC1=C/c2c(ccc3ccccc23)/C=C/C=C\1)NCCc1ccccc1. The zero-order valence-corrected chi connectivity index (χ0v) is 17.8. The molecule has 3 aromatic carbocycles. The van der Waals surface area contributed by atoms with Crippen LogP contribution in [0.25, 0.3) is 22.9 Å². The molecule has 0 aromatic heterocycles. The number of fused-ring (bicyclic) bond motifs is 3. The maximum Gasteiger partial charge on any atom is 0.311 e. The zero-order chi connectivity index (χ0) is 22.2. The molecular formula is C28H25NO3. The summed E-state index contributed by atoms with van der Waals surface area (Å²) in [5.41, 5.74) is 3.22. The van der Waals surface area contributed by atoms with Gasteiger partial charge in [-0.2, -0.15) is 0 Å². The van der Waals surface area contributed by atoms with Crippen molar-refractivity contribution in [3.63, 3.8) is 0 Å². The van der Waals surface area contributed by atoms with Gasteiger partial charge in [0.05, 0.1) is 6.42 Å². The Morgan fingerprint density at radius 2 is 1.59 bits per heavy atom. The fourth-order valence-electron chi connectivity index (χ4n) is 3.66. The summed E-state index contributed by atoms with van der Waals surface area (Å²) >= 11 is 0. The molecule has 0 aliphatic heterocycles. The van der Waals surface area contributed by atoms with Crippen LogP contribution in [0.4, 0.5) is 0 Å². The lowest BCUT2D eigenvalue weighted by atomic mass is 9.97. The van der Waals surface area contributed by atoms with Crippen LogP contribution in [0.1, 0.15) is 29.5 Å². The number of amides is 1. The number of carbonyl (C=O) groups excluding carboxylic acids is 2. The maximum atomic E-state index is 12.4. The van der Waals surface area contributed by atoms with Crippen LogP contribution in [0.3, 0.4) is 0 Å². The molecule has 1 amide bonds. The molecule has 0 heterocycles. The van der Waals surface area contributed by atoms with Crippen molar-refractivity contribution < 1.29 is 14.3 Å². The molecule has 0 atom stereocenters. The van der Waals surface area contributed by atoms with E-state index < -0.39 is 5.97 Å². The average Bonchev–Trinajstić information content (AvgIpc) is 2.80. The molecular weight excluding hydrogens is 398 g/mol. The van der Waals surface area contributed by atoms with Crippen LogP contribution in [0, 0.1) is 0 Å². The minimum atomic E-state index is -0.426. The number of hydrogen-bond acceptors (Lipinski definition) is 3. The number of esters is 1. The van der Waals surface area contributed by atoms with Crippen LogP contribution in [0.5, 0.6) is 0 Å². The van der Waals surface area contributed by atoms with Crippen LogP contribution in [0.2, 0.25) is 0 Å². The Balaban J connectivity index is 1.35. The molecule has 32 heavy (non-hydrogen) atoms. The first-order valence-electron chi connectivity index (χ1n) is 10.8. The lowest BCUT2D eigenvalue weighted by Crippen LogP contribution is -2.26. The highest BCUT2D eigenvalue weighted by Crippen LogP contribution is 2.27. The van der Waals surface area contributed by atoms with Crippen molar-refractivity contribution in [3.05, 3.63) is 107 Å². The molecule has 160 valence electrons. The summed E-state index contributed by atoms with van der Waals surface area (Å²) < 4.78 is 5.58.